The van der Waals surface area contributed by atoms with Crippen molar-refractivity contribution in [2.75, 3.05) is 0 Å². The van der Waals surface area contributed by atoms with Crippen LogP contribution in [0.2, 0.25) is 15.1 Å². The number of hydrogen-bond acceptors (Lipinski definition) is 4. The Morgan fingerprint density at radius 1 is 0.920 bits per heavy atom. The SMILES string of the molecule is Clc1ccc(Oc2ncc3c(-c4ccccc4Cl)[nH]nc3n2)cc1Cl. The quantitative estimate of drug-likeness (QED) is 0.481. The zero-order valence-corrected chi connectivity index (χ0v) is 14.8. The van der Waals surface area contributed by atoms with Gasteiger partial charge in [-0.15, -0.1) is 0 Å². The van der Waals surface area contributed by atoms with E-state index in [0.29, 0.717) is 26.5 Å². The van der Waals surface area contributed by atoms with Crippen LogP contribution in [0, 0.1) is 0 Å². The Morgan fingerprint density at radius 3 is 2.56 bits per heavy atom. The number of hydrogen-bond donors (Lipinski definition) is 1. The van der Waals surface area contributed by atoms with Gasteiger partial charge in [-0.05, 0) is 18.2 Å². The lowest BCUT2D eigenvalue weighted by molar-refractivity contribution is 0.444. The van der Waals surface area contributed by atoms with Crippen molar-refractivity contribution in [1.82, 2.24) is 20.2 Å². The first-order valence-electron chi connectivity index (χ1n) is 7.21. The maximum atomic E-state index is 6.25. The third kappa shape index (κ3) is 3.14. The minimum absolute atomic E-state index is 0.156. The van der Waals surface area contributed by atoms with Crippen LogP contribution in [0.3, 0.4) is 0 Å². The summed E-state index contributed by atoms with van der Waals surface area (Å²) in [6.07, 6.45) is 1.64. The summed E-state index contributed by atoms with van der Waals surface area (Å²) in [5.41, 5.74) is 2.05. The van der Waals surface area contributed by atoms with E-state index in [-0.39, 0.29) is 6.01 Å². The van der Waals surface area contributed by atoms with Crippen molar-refractivity contribution < 1.29 is 4.74 Å². The number of H-pyrrole nitrogens is 1. The van der Waals surface area contributed by atoms with E-state index in [2.05, 4.69) is 20.2 Å². The number of benzene rings is 2. The van der Waals surface area contributed by atoms with Gasteiger partial charge in [-0.2, -0.15) is 10.1 Å². The van der Waals surface area contributed by atoms with Crippen molar-refractivity contribution in [3.8, 4) is 23.0 Å². The maximum Gasteiger partial charge on any atom is 0.324 e. The number of nitrogens with one attached hydrogen (secondary N) is 1. The predicted molar refractivity (Wildman–Crippen MR) is 98.7 cm³/mol. The molecule has 2 heterocycles. The van der Waals surface area contributed by atoms with E-state index >= 15 is 0 Å². The summed E-state index contributed by atoms with van der Waals surface area (Å²) in [4.78, 5) is 8.53. The van der Waals surface area contributed by atoms with Crippen molar-refractivity contribution in [2.45, 2.75) is 0 Å². The highest BCUT2D eigenvalue weighted by atomic mass is 35.5. The highest BCUT2D eigenvalue weighted by molar-refractivity contribution is 6.42. The molecule has 8 heteroatoms. The fraction of sp³-hybridized carbons (Fsp3) is 0. The fourth-order valence-corrected chi connectivity index (χ4v) is 2.87. The number of fused-ring (bicyclic) bond motifs is 1. The van der Waals surface area contributed by atoms with Crippen LogP contribution in [0.15, 0.2) is 48.7 Å². The van der Waals surface area contributed by atoms with Crippen molar-refractivity contribution in [2.24, 2.45) is 0 Å². The molecule has 0 atom stereocenters. The number of ether oxygens (including phenoxy) is 1. The normalized spacial score (nSPS) is 11.0. The molecule has 2 aromatic carbocycles. The van der Waals surface area contributed by atoms with Gasteiger partial charge in [0.15, 0.2) is 5.65 Å². The zero-order chi connectivity index (χ0) is 17.4. The Morgan fingerprint density at radius 2 is 1.76 bits per heavy atom. The molecule has 0 bridgehead atoms. The Hall–Kier alpha value is -2.34. The molecule has 4 rings (SSSR count). The molecule has 0 amide bonds. The van der Waals surface area contributed by atoms with Gasteiger partial charge in [0.1, 0.15) is 5.75 Å². The van der Waals surface area contributed by atoms with Crippen LogP contribution in [0.1, 0.15) is 0 Å². The fourth-order valence-electron chi connectivity index (χ4n) is 2.35. The van der Waals surface area contributed by atoms with Gasteiger partial charge in [-0.1, -0.05) is 53.0 Å². The van der Waals surface area contributed by atoms with E-state index in [1.807, 2.05) is 24.3 Å². The summed E-state index contributed by atoms with van der Waals surface area (Å²) < 4.78 is 5.62. The van der Waals surface area contributed by atoms with Gasteiger partial charge in [-0.25, -0.2) is 4.98 Å². The molecule has 25 heavy (non-hydrogen) atoms. The Balaban J connectivity index is 1.70. The van der Waals surface area contributed by atoms with Gasteiger partial charge in [0.2, 0.25) is 0 Å². The topological polar surface area (TPSA) is 63.7 Å². The van der Waals surface area contributed by atoms with Crippen molar-refractivity contribution >= 4 is 45.8 Å². The van der Waals surface area contributed by atoms with Crippen LogP contribution in [0.4, 0.5) is 0 Å². The lowest BCUT2D eigenvalue weighted by Crippen LogP contribution is -1.92. The zero-order valence-electron chi connectivity index (χ0n) is 12.5. The molecular formula is C17H9Cl3N4O. The van der Waals surface area contributed by atoms with Gasteiger partial charge in [0.05, 0.1) is 21.1 Å². The van der Waals surface area contributed by atoms with Crippen LogP contribution in [-0.2, 0) is 0 Å². The first-order chi connectivity index (χ1) is 12.1. The van der Waals surface area contributed by atoms with Gasteiger partial charge in [-0.3, -0.25) is 5.10 Å². The summed E-state index contributed by atoms with van der Waals surface area (Å²) in [6.45, 7) is 0. The average molecular weight is 392 g/mol. The van der Waals surface area contributed by atoms with Crippen molar-refractivity contribution in [3.63, 3.8) is 0 Å². The summed E-state index contributed by atoms with van der Waals surface area (Å²) in [7, 11) is 0. The number of nitrogens with zero attached hydrogens (tertiary/aromatic N) is 3. The van der Waals surface area contributed by atoms with E-state index in [1.165, 1.54) is 0 Å². The molecule has 0 aliphatic heterocycles. The lowest BCUT2D eigenvalue weighted by atomic mass is 10.1. The second kappa shape index (κ2) is 6.52. The van der Waals surface area contributed by atoms with E-state index in [9.17, 15) is 0 Å². The summed E-state index contributed by atoms with van der Waals surface area (Å²) in [6, 6.07) is 12.5. The molecule has 0 unspecified atom stereocenters. The highest BCUT2D eigenvalue weighted by Gasteiger charge is 2.13. The first-order valence-corrected chi connectivity index (χ1v) is 8.34. The van der Waals surface area contributed by atoms with Crippen LogP contribution in [0.5, 0.6) is 11.8 Å². The average Bonchev–Trinajstić information content (AvgIpc) is 3.02. The molecule has 124 valence electrons. The van der Waals surface area contributed by atoms with Gasteiger partial charge in [0.25, 0.3) is 0 Å². The highest BCUT2D eigenvalue weighted by Crippen LogP contribution is 2.32. The first kappa shape index (κ1) is 16.1. The van der Waals surface area contributed by atoms with E-state index in [1.54, 1.807) is 24.4 Å². The summed E-state index contributed by atoms with van der Waals surface area (Å²) in [5, 5.41) is 9.35. The standard InChI is InChI=1S/C17H9Cl3N4O/c18-12-4-2-1-3-10(12)15-11-8-21-17(22-16(11)24-23-15)25-9-5-6-13(19)14(20)7-9/h1-8H,(H,21,22,23,24). The molecule has 5 nitrogen and oxygen atoms in total. The van der Waals surface area contributed by atoms with Crippen LogP contribution in [0.25, 0.3) is 22.3 Å². The van der Waals surface area contributed by atoms with Gasteiger partial charge in [0, 0.05) is 22.8 Å². The summed E-state index contributed by atoms with van der Waals surface area (Å²) >= 11 is 18.1. The third-order valence-corrected chi connectivity index (χ3v) is 4.60. The van der Waals surface area contributed by atoms with Crippen LogP contribution >= 0.6 is 34.8 Å². The smallest absolute Gasteiger partial charge is 0.324 e. The number of aromatic nitrogens is 4. The Labute approximate surface area is 157 Å². The van der Waals surface area contributed by atoms with Crippen LogP contribution in [-0.4, -0.2) is 20.2 Å². The van der Waals surface area contributed by atoms with Crippen molar-refractivity contribution in [3.05, 3.63) is 63.7 Å². The molecule has 2 aromatic heterocycles. The molecule has 0 saturated carbocycles. The number of aromatic amines is 1. The molecule has 0 saturated heterocycles. The maximum absolute atomic E-state index is 6.25. The Bertz CT molecular complexity index is 1080. The van der Waals surface area contributed by atoms with E-state index < -0.39 is 0 Å². The molecule has 0 aliphatic carbocycles. The van der Waals surface area contributed by atoms with E-state index in [0.717, 1.165) is 16.6 Å². The number of rotatable bonds is 3. The monoisotopic (exact) mass is 390 g/mol. The minimum Gasteiger partial charge on any atom is -0.424 e. The van der Waals surface area contributed by atoms with Gasteiger partial charge >= 0.3 is 6.01 Å². The molecule has 1 N–H and O–H groups in total. The molecule has 4 aromatic rings. The predicted octanol–water partition coefficient (Wildman–Crippen LogP) is 5.77. The Kier molecular flexibility index (Phi) is 4.21. The largest absolute Gasteiger partial charge is 0.424 e. The molecule has 0 spiro atoms. The van der Waals surface area contributed by atoms with E-state index in [4.69, 9.17) is 39.5 Å². The minimum atomic E-state index is 0.156. The second-order valence-electron chi connectivity index (χ2n) is 5.15. The van der Waals surface area contributed by atoms with Gasteiger partial charge < -0.3 is 4.74 Å². The van der Waals surface area contributed by atoms with Crippen molar-refractivity contribution in [1.29, 1.82) is 0 Å². The molecule has 0 aliphatic rings. The second-order valence-corrected chi connectivity index (χ2v) is 6.37. The molecular weight excluding hydrogens is 383 g/mol. The third-order valence-electron chi connectivity index (χ3n) is 3.53. The summed E-state index contributed by atoms with van der Waals surface area (Å²) in [5.74, 6) is 0.482. The number of halogens is 3. The van der Waals surface area contributed by atoms with Crippen LogP contribution < -0.4 is 4.74 Å². The molecule has 0 fully saturated rings. The molecule has 0 radical (unpaired) electrons. The lowest BCUT2D eigenvalue weighted by Gasteiger charge is -2.05.